The van der Waals surface area contributed by atoms with Gasteiger partial charge >= 0.3 is 0 Å². The maximum atomic E-state index is 14.3. The van der Waals surface area contributed by atoms with Crippen LogP contribution in [0.1, 0.15) is 18.7 Å². The van der Waals surface area contributed by atoms with Crippen LogP contribution in [0.2, 0.25) is 10.0 Å². The predicted molar refractivity (Wildman–Crippen MR) is 99.2 cm³/mol. The second kappa shape index (κ2) is 5.99. The quantitative estimate of drug-likeness (QED) is 0.490. The summed E-state index contributed by atoms with van der Waals surface area (Å²) >= 11 is 12.5. The molecule has 0 aliphatic heterocycles. The summed E-state index contributed by atoms with van der Waals surface area (Å²) in [6, 6.07) is 12.0. The number of hydrogen-bond donors (Lipinski definition) is 1. The van der Waals surface area contributed by atoms with Gasteiger partial charge in [0.05, 0.1) is 33.0 Å². The highest BCUT2D eigenvalue weighted by Gasteiger charge is 2.19. The Labute approximate surface area is 153 Å². The van der Waals surface area contributed by atoms with Crippen molar-refractivity contribution in [1.29, 1.82) is 0 Å². The van der Waals surface area contributed by atoms with Crippen molar-refractivity contribution >= 4 is 45.0 Å². The van der Waals surface area contributed by atoms with E-state index in [4.69, 9.17) is 23.2 Å². The summed E-state index contributed by atoms with van der Waals surface area (Å²) in [6.45, 7) is 1.61. The van der Waals surface area contributed by atoms with Gasteiger partial charge in [-0.1, -0.05) is 41.4 Å². The molecule has 0 spiro atoms. The molecule has 2 heterocycles. The Balaban J connectivity index is 2.20. The van der Waals surface area contributed by atoms with Crippen LogP contribution in [0.25, 0.3) is 27.5 Å². The van der Waals surface area contributed by atoms with E-state index in [0.29, 0.717) is 26.8 Å². The molecule has 1 unspecified atom stereocenters. The Hall–Kier alpha value is -2.14. The average molecular weight is 375 g/mol. The van der Waals surface area contributed by atoms with Gasteiger partial charge in [0, 0.05) is 17.0 Å². The second-order valence-corrected chi connectivity index (χ2v) is 6.62. The molecule has 1 N–H and O–H groups in total. The van der Waals surface area contributed by atoms with Crippen molar-refractivity contribution in [1.82, 2.24) is 9.55 Å². The molecule has 1 atom stereocenters. The fourth-order valence-corrected chi connectivity index (χ4v) is 3.50. The minimum absolute atomic E-state index is 0.212. The molecule has 0 saturated carbocycles. The lowest BCUT2D eigenvalue weighted by Gasteiger charge is -2.13. The predicted octanol–water partition coefficient (Wildman–Crippen LogP) is 5.68. The molecular formula is C19H13Cl2FN2O. The number of pyridine rings is 1. The maximum Gasteiger partial charge on any atom is 0.149 e. The highest BCUT2D eigenvalue weighted by atomic mass is 35.5. The van der Waals surface area contributed by atoms with Gasteiger partial charge in [-0.3, -0.25) is 0 Å². The van der Waals surface area contributed by atoms with Gasteiger partial charge in [0.1, 0.15) is 11.3 Å². The fourth-order valence-electron chi connectivity index (χ4n) is 3.11. The van der Waals surface area contributed by atoms with Crippen LogP contribution in [0, 0.1) is 5.82 Å². The Kier molecular flexibility index (Phi) is 3.91. The first kappa shape index (κ1) is 16.3. The van der Waals surface area contributed by atoms with E-state index in [1.54, 1.807) is 31.2 Å². The molecule has 0 amide bonds. The van der Waals surface area contributed by atoms with Crippen molar-refractivity contribution in [3.05, 3.63) is 70.2 Å². The van der Waals surface area contributed by atoms with Gasteiger partial charge in [0.25, 0.3) is 0 Å². The lowest BCUT2D eigenvalue weighted by Crippen LogP contribution is -2.01. The highest BCUT2D eigenvalue weighted by Crippen LogP contribution is 2.36. The summed E-state index contributed by atoms with van der Waals surface area (Å²) in [5.41, 5.74) is 2.04. The second-order valence-electron chi connectivity index (χ2n) is 5.83. The van der Waals surface area contributed by atoms with Crippen molar-refractivity contribution in [2.75, 3.05) is 0 Å². The topological polar surface area (TPSA) is 38.1 Å². The molecule has 126 valence electrons. The van der Waals surface area contributed by atoms with Crippen molar-refractivity contribution in [2.45, 2.75) is 13.0 Å². The van der Waals surface area contributed by atoms with Crippen molar-refractivity contribution in [3.63, 3.8) is 0 Å². The smallest absolute Gasteiger partial charge is 0.149 e. The molecule has 0 fully saturated rings. The number of halogens is 3. The maximum absolute atomic E-state index is 14.3. The van der Waals surface area contributed by atoms with E-state index >= 15 is 0 Å². The number of aliphatic hydroxyl groups excluding tert-OH is 1. The van der Waals surface area contributed by atoms with E-state index in [1.807, 2.05) is 22.9 Å². The minimum Gasteiger partial charge on any atom is -0.387 e. The lowest BCUT2D eigenvalue weighted by atomic mass is 10.1. The van der Waals surface area contributed by atoms with Crippen molar-refractivity contribution in [3.8, 4) is 5.69 Å². The first-order valence-electron chi connectivity index (χ1n) is 7.70. The Bertz CT molecular complexity index is 1120. The minimum atomic E-state index is -0.836. The van der Waals surface area contributed by atoms with Gasteiger partial charge in [0.15, 0.2) is 0 Å². The number of rotatable bonds is 2. The van der Waals surface area contributed by atoms with Crippen LogP contribution in [0.3, 0.4) is 0 Å². The number of benzene rings is 2. The van der Waals surface area contributed by atoms with E-state index in [0.717, 1.165) is 10.9 Å². The van der Waals surface area contributed by atoms with Gasteiger partial charge < -0.3 is 9.67 Å². The summed E-state index contributed by atoms with van der Waals surface area (Å²) in [5, 5.41) is 12.3. The first-order chi connectivity index (χ1) is 12.0. The summed E-state index contributed by atoms with van der Waals surface area (Å²) in [4.78, 5) is 4.35. The molecule has 4 rings (SSSR count). The molecule has 0 saturated heterocycles. The summed E-state index contributed by atoms with van der Waals surface area (Å²) in [7, 11) is 0. The number of nitrogens with zero attached hydrogens (tertiary/aromatic N) is 2. The van der Waals surface area contributed by atoms with Gasteiger partial charge in [-0.05, 0) is 31.2 Å². The third kappa shape index (κ3) is 2.49. The standard InChI is InChI=1S/C19H13Cl2FN2O/c1-10(25)17-12-8-9-24(15-7-3-5-13(20)16(15)21)19(12)11-4-2-6-14(22)18(11)23-17/h2-10,25H,1H3. The first-order valence-corrected chi connectivity index (χ1v) is 8.46. The molecular weight excluding hydrogens is 362 g/mol. The molecule has 2 aromatic carbocycles. The van der Waals surface area contributed by atoms with Gasteiger partial charge in [-0.25, -0.2) is 9.37 Å². The number of fused-ring (bicyclic) bond motifs is 3. The van der Waals surface area contributed by atoms with E-state index in [9.17, 15) is 9.50 Å². The average Bonchev–Trinajstić information content (AvgIpc) is 3.02. The third-order valence-electron chi connectivity index (χ3n) is 4.22. The molecule has 0 aliphatic carbocycles. The molecule has 6 heteroatoms. The summed E-state index contributed by atoms with van der Waals surface area (Å²) < 4.78 is 16.2. The monoisotopic (exact) mass is 374 g/mol. The Morgan fingerprint density at radius 3 is 2.60 bits per heavy atom. The zero-order chi connectivity index (χ0) is 17.7. The third-order valence-corrected chi connectivity index (χ3v) is 5.03. The normalized spacial score (nSPS) is 12.8. The van der Waals surface area contributed by atoms with Crippen LogP contribution >= 0.6 is 23.2 Å². The zero-order valence-electron chi connectivity index (χ0n) is 13.2. The molecule has 4 aromatic rings. The SMILES string of the molecule is CC(O)c1nc2c(F)cccc2c2c1ccn2-c1cccc(Cl)c1Cl. The zero-order valence-corrected chi connectivity index (χ0v) is 14.7. The van der Waals surface area contributed by atoms with Crippen LogP contribution in [0.5, 0.6) is 0 Å². The van der Waals surface area contributed by atoms with E-state index in [2.05, 4.69) is 4.98 Å². The lowest BCUT2D eigenvalue weighted by molar-refractivity contribution is 0.196. The van der Waals surface area contributed by atoms with Crippen LogP contribution in [-0.2, 0) is 0 Å². The summed E-state index contributed by atoms with van der Waals surface area (Å²) in [6.07, 6.45) is 0.984. The largest absolute Gasteiger partial charge is 0.387 e. The van der Waals surface area contributed by atoms with E-state index in [-0.39, 0.29) is 5.52 Å². The summed E-state index contributed by atoms with van der Waals surface area (Å²) in [5.74, 6) is -0.439. The van der Waals surface area contributed by atoms with Crippen LogP contribution in [0.4, 0.5) is 4.39 Å². The molecule has 0 bridgehead atoms. The van der Waals surface area contributed by atoms with Gasteiger partial charge in [-0.2, -0.15) is 0 Å². The van der Waals surface area contributed by atoms with Crippen molar-refractivity contribution in [2.24, 2.45) is 0 Å². The molecule has 0 aliphatic rings. The van der Waals surface area contributed by atoms with Crippen LogP contribution in [-0.4, -0.2) is 14.7 Å². The van der Waals surface area contributed by atoms with Crippen LogP contribution < -0.4 is 0 Å². The molecule has 0 radical (unpaired) electrons. The highest BCUT2D eigenvalue weighted by molar-refractivity contribution is 6.43. The van der Waals surface area contributed by atoms with Gasteiger partial charge in [-0.15, -0.1) is 0 Å². The molecule has 25 heavy (non-hydrogen) atoms. The van der Waals surface area contributed by atoms with Crippen LogP contribution in [0.15, 0.2) is 48.7 Å². The molecule has 2 aromatic heterocycles. The van der Waals surface area contributed by atoms with Gasteiger partial charge in [0.2, 0.25) is 0 Å². The van der Waals surface area contributed by atoms with E-state index < -0.39 is 11.9 Å². The number of hydrogen-bond acceptors (Lipinski definition) is 2. The van der Waals surface area contributed by atoms with Crippen molar-refractivity contribution < 1.29 is 9.50 Å². The number of aromatic nitrogens is 2. The molecule has 3 nitrogen and oxygen atoms in total. The number of aliphatic hydroxyl groups is 1. The fraction of sp³-hybridized carbons (Fsp3) is 0.105. The van der Waals surface area contributed by atoms with E-state index in [1.165, 1.54) is 6.07 Å². The Morgan fingerprint density at radius 2 is 1.84 bits per heavy atom. The number of para-hydroxylation sites is 1. The Morgan fingerprint density at radius 1 is 1.08 bits per heavy atom.